The lowest BCUT2D eigenvalue weighted by atomic mass is 9.77. The van der Waals surface area contributed by atoms with Gasteiger partial charge in [0, 0.05) is 11.6 Å². The van der Waals surface area contributed by atoms with E-state index in [1.807, 2.05) is 0 Å². The third kappa shape index (κ3) is 1.77. The second-order valence-electron chi connectivity index (χ2n) is 5.97. The van der Waals surface area contributed by atoms with E-state index in [2.05, 4.69) is 72.9 Å². The Morgan fingerprint density at radius 2 is 1.80 bits per heavy atom. The number of aryl methyl sites for hydroxylation is 1. The Bertz CT molecular complexity index is 654. The predicted molar refractivity (Wildman–Crippen MR) is 84.0 cm³/mol. The third-order valence-electron chi connectivity index (χ3n) is 4.71. The zero-order valence-electron chi connectivity index (χ0n) is 11.7. The van der Waals surface area contributed by atoms with E-state index >= 15 is 0 Å². The van der Waals surface area contributed by atoms with Gasteiger partial charge in [0.25, 0.3) is 0 Å². The summed E-state index contributed by atoms with van der Waals surface area (Å²) >= 11 is 0. The van der Waals surface area contributed by atoms with Gasteiger partial charge in [-0.05, 0) is 36.5 Å². The summed E-state index contributed by atoms with van der Waals surface area (Å²) in [4.78, 5) is 0. The summed E-state index contributed by atoms with van der Waals surface area (Å²) in [5.74, 6) is 1.21. The smallest absolute Gasteiger partial charge is 0.0553 e. The first kappa shape index (κ1) is 11.8. The molecule has 1 aliphatic heterocycles. The van der Waals surface area contributed by atoms with Crippen LogP contribution in [0.5, 0.6) is 0 Å². The Balaban J connectivity index is 1.77. The molecule has 1 heteroatoms. The molecule has 2 aromatic rings. The van der Waals surface area contributed by atoms with Crippen LogP contribution in [0.2, 0.25) is 0 Å². The summed E-state index contributed by atoms with van der Waals surface area (Å²) in [5, 5.41) is 3.76. The van der Waals surface area contributed by atoms with Crippen LogP contribution < -0.4 is 5.32 Å². The molecule has 1 aliphatic carbocycles. The Morgan fingerprint density at radius 1 is 1.00 bits per heavy atom. The number of hydrogen-bond acceptors (Lipinski definition) is 1. The highest BCUT2D eigenvalue weighted by Gasteiger charge is 2.37. The van der Waals surface area contributed by atoms with Crippen molar-refractivity contribution in [3.63, 3.8) is 0 Å². The molecular formula is C19H19N. The molecule has 1 N–H and O–H groups in total. The van der Waals surface area contributed by atoms with Crippen LogP contribution in [0.15, 0.2) is 60.7 Å². The van der Waals surface area contributed by atoms with Crippen LogP contribution >= 0.6 is 0 Å². The predicted octanol–water partition coefficient (Wildman–Crippen LogP) is 4.82. The standard InChI is InChI=1S/C19H19N/c1-13-9-11-14(12-10-13)19-17-7-4-6-15(17)16-5-2-3-8-18(16)20-19/h2-6,8-12,15,17,19-20H,7H2,1H3. The molecule has 1 heterocycles. The van der Waals surface area contributed by atoms with Gasteiger partial charge in [-0.2, -0.15) is 0 Å². The largest absolute Gasteiger partial charge is 0.378 e. The molecule has 100 valence electrons. The highest BCUT2D eigenvalue weighted by Crippen LogP contribution is 2.49. The molecule has 3 unspecified atom stereocenters. The molecule has 0 spiro atoms. The number of allylic oxidation sites excluding steroid dienone is 2. The maximum Gasteiger partial charge on any atom is 0.0553 e. The fraction of sp³-hybridized carbons (Fsp3) is 0.263. The van der Waals surface area contributed by atoms with Crippen molar-refractivity contribution >= 4 is 5.69 Å². The second kappa shape index (κ2) is 4.52. The lowest BCUT2D eigenvalue weighted by Gasteiger charge is -2.37. The summed E-state index contributed by atoms with van der Waals surface area (Å²) in [7, 11) is 0. The van der Waals surface area contributed by atoms with Gasteiger partial charge < -0.3 is 5.32 Å². The van der Waals surface area contributed by atoms with Crippen molar-refractivity contribution in [3.8, 4) is 0 Å². The summed E-state index contributed by atoms with van der Waals surface area (Å²) < 4.78 is 0. The van der Waals surface area contributed by atoms with E-state index in [0.29, 0.717) is 17.9 Å². The minimum Gasteiger partial charge on any atom is -0.378 e. The van der Waals surface area contributed by atoms with Crippen LogP contribution in [0.1, 0.15) is 35.1 Å². The SMILES string of the molecule is Cc1ccc(C2Nc3ccccc3C3C=CCC32)cc1. The third-order valence-corrected chi connectivity index (χ3v) is 4.71. The van der Waals surface area contributed by atoms with Crippen molar-refractivity contribution in [3.05, 3.63) is 77.4 Å². The minimum atomic E-state index is 0.422. The molecule has 2 aromatic carbocycles. The summed E-state index contributed by atoms with van der Waals surface area (Å²) in [6.07, 6.45) is 5.91. The van der Waals surface area contributed by atoms with E-state index in [-0.39, 0.29) is 0 Å². The van der Waals surface area contributed by atoms with Gasteiger partial charge in [0.05, 0.1) is 6.04 Å². The molecule has 3 atom stereocenters. The first-order valence-corrected chi connectivity index (χ1v) is 7.41. The highest BCUT2D eigenvalue weighted by atomic mass is 15.0. The average Bonchev–Trinajstić information content (AvgIpc) is 2.97. The zero-order valence-corrected chi connectivity index (χ0v) is 11.7. The van der Waals surface area contributed by atoms with Crippen LogP contribution in [-0.2, 0) is 0 Å². The molecule has 4 rings (SSSR count). The summed E-state index contributed by atoms with van der Waals surface area (Å²) in [6.45, 7) is 2.15. The van der Waals surface area contributed by atoms with Crippen LogP contribution in [0, 0.1) is 12.8 Å². The lowest BCUT2D eigenvalue weighted by Crippen LogP contribution is -2.28. The van der Waals surface area contributed by atoms with Crippen LogP contribution in [-0.4, -0.2) is 0 Å². The quantitative estimate of drug-likeness (QED) is 0.726. The molecule has 0 amide bonds. The van der Waals surface area contributed by atoms with Crippen molar-refractivity contribution in [2.45, 2.75) is 25.3 Å². The highest BCUT2D eigenvalue weighted by molar-refractivity contribution is 5.59. The average molecular weight is 261 g/mol. The Morgan fingerprint density at radius 3 is 2.65 bits per heavy atom. The molecular weight excluding hydrogens is 242 g/mol. The second-order valence-corrected chi connectivity index (χ2v) is 5.97. The molecule has 0 aromatic heterocycles. The van der Waals surface area contributed by atoms with Crippen molar-refractivity contribution in [1.82, 2.24) is 0 Å². The van der Waals surface area contributed by atoms with Gasteiger partial charge in [0.2, 0.25) is 0 Å². The number of hydrogen-bond donors (Lipinski definition) is 1. The maximum absolute atomic E-state index is 3.76. The molecule has 0 bridgehead atoms. The number of anilines is 1. The Hall–Kier alpha value is -2.02. The molecule has 20 heavy (non-hydrogen) atoms. The number of para-hydroxylation sites is 1. The molecule has 0 fully saturated rings. The van der Waals surface area contributed by atoms with Gasteiger partial charge >= 0.3 is 0 Å². The molecule has 1 nitrogen and oxygen atoms in total. The normalized spacial score (nSPS) is 26.8. The molecule has 0 saturated carbocycles. The maximum atomic E-state index is 3.76. The van der Waals surface area contributed by atoms with Crippen LogP contribution in [0.4, 0.5) is 5.69 Å². The number of rotatable bonds is 1. The number of benzene rings is 2. The van der Waals surface area contributed by atoms with Gasteiger partial charge in [-0.3, -0.25) is 0 Å². The monoisotopic (exact) mass is 261 g/mol. The topological polar surface area (TPSA) is 12.0 Å². The van der Waals surface area contributed by atoms with Gasteiger partial charge in [0.15, 0.2) is 0 Å². The van der Waals surface area contributed by atoms with Crippen LogP contribution in [0.3, 0.4) is 0 Å². The van der Waals surface area contributed by atoms with E-state index in [0.717, 1.165) is 0 Å². The van der Waals surface area contributed by atoms with Gasteiger partial charge in [0.1, 0.15) is 0 Å². The van der Waals surface area contributed by atoms with Gasteiger partial charge in [-0.15, -0.1) is 0 Å². The Labute approximate surface area is 120 Å². The molecule has 2 aliphatic rings. The van der Waals surface area contributed by atoms with Gasteiger partial charge in [-0.25, -0.2) is 0 Å². The van der Waals surface area contributed by atoms with Gasteiger partial charge in [-0.1, -0.05) is 60.2 Å². The molecule has 0 saturated heterocycles. The summed E-state index contributed by atoms with van der Waals surface area (Å²) in [6, 6.07) is 18.1. The fourth-order valence-electron chi connectivity index (χ4n) is 3.65. The zero-order chi connectivity index (χ0) is 13.5. The van der Waals surface area contributed by atoms with Crippen molar-refractivity contribution in [2.75, 3.05) is 5.32 Å². The first-order chi connectivity index (χ1) is 9.83. The van der Waals surface area contributed by atoms with Crippen molar-refractivity contribution < 1.29 is 0 Å². The van der Waals surface area contributed by atoms with Crippen LogP contribution in [0.25, 0.3) is 0 Å². The van der Waals surface area contributed by atoms with Crippen molar-refractivity contribution in [2.24, 2.45) is 5.92 Å². The van der Waals surface area contributed by atoms with Crippen molar-refractivity contribution in [1.29, 1.82) is 0 Å². The fourth-order valence-corrected chi connectivity index (χ4v) is 3.65. The number of fused-ring (bicyclic) bond motifs is 3. The lowest BCUT2D eigenvalue weighted by molar-refractivity contribution is 0.425. The van der Waals surface area contributed by atoms with E-state index in [4.69, 9.17) is 0 Å². The number of nitrogens with one attached hydrogen (secondary N) is 1. The summed E-state index contributed by atoms with van der Waals surface area (Å²) in [5.41, 5.74) is 5.48. The van der Waals surface area contributed by atoms with E-state index < -0.39 is 0 Å². The van der Waals surface area contributed by atoms with E-state index in [1.165, 1.54) is 28.8 Å². The minimum absolute atomic E-state index is 0.422. The van der Waals surface area contributed by atoms with E-state index in [1.54, 1.807) is 0 Å². The molecule has 0 radical (unpaired) electrons. The first-order valence-electron chi connectivity index (χ1n) is 7.41. The Kier molecular flexibility index (Phi) is 2.66. The van der Waals surface area contributed by atoms with E-state index in [9.17, 15) is 0 Å².